The molecule has 2 fully saturated rings. The van der Waals surface area contributed by atoms with Gasteiger partial charge in [-0.1, -0.05) is 52.9 Å². The maximum absolute atomic E-state index is 12.6. The zero-order chi connectivity index (χ0) is 23.3. The van der Waals surface area contributed by atoms with Crippen molar-refractivity contribution < 1.29 is 28.5 Å². The molecule has 0 unspecified atom stereocenters. The molecular formula is C26H46O6. The zero-order valence-corrected chi connectivity index (χ0v) is 20.8. The number of methoxy groups -OCH3 is 1. The summed E-state index contributed by atoms with van der Waals surface area (Å²) in [6.45, 7) is 6.51. The molecule has 2 saturated heterocycles. The zero-order valence-electron chi connectivity index (χ0n) is 20.8. The summed E-state index contributed by atoms with van der Waals surface area (Å²) in [6.07, 6.45) is 11.3. The van der Waals surface area contributed by atoms with Gasteiger partial charge in [-0.05, 0) is 31.6 Å². The van der Waals surface area contributed by atoms with E-state index in [1.54, 1.807) is 7.11 Å². The summed E-state index contributed by atoms with van der Waals surface area (Å²) in [5, 5.41) is 0. The van der Waals surface area contributed by atoms with Crippen molar-refractivity contribution in [1.29, 1.82) is 0 Å². The molecule has 0 saturated carbocycles. The Bertz CT molecular complexity index is 550. The highest BCUT2D eigenvalue weighted by atomic mass is 16.6. The summed E-state index contributed by atoms with van der Waals surface area (Å²) >= 11 is 0. The maximum atomic E-state index is 12.6. The minimum Gasteiger partial charge on any atom is -0.462 e. The van der Waals surface area contributed by atoms with Crippen LogP contribution in [0.15, 0.2) is 0 Å². The van der Waals surface area contributed by atoms with Crippen LogP contribution in [0.2, 0.25) is 0 Å². The fourth-order valence-corrected chi connectivity index (χ4v) is 5.11. The number of ether oxygens (including phenoxy) is 4. The first-order valence-electron chi connectivity index (χ1n) is 13.0. The molecule has 2 bridgehead atoms. The average molecular weight is 455 g/mol. The molecule has 0 aromatic heterocycles. The monoisotopic (exact) mass is 454 g/mol. The van der Waals surface area contributed by atoms with E-state index in [-0.39, 0.29) is 48.9 Å². The standard InChI is InChI=1S/C26H46O6/c1-5-7-8-9-10-12-25(27)32-23-16-22-14-19(3)13-21(29-4)15-20(11-6-2)31-26(28)18-24(17-23)30-22/h19-24H,5-18H2,1-4H3/t19-,20-,21-,22+,23+,24+/m0/s1. The second-order valence-corrected chi connectivity index (χ2v) is 9.90. The van der Waals surface area contributed by atoms with Crippen molar-refractivity contribution in [3.8, 4) is 0 Å². The molecule has 6 heteroatoms. The minimum absolute atomic E-state index is 0.0118. The number of carbonyl (C=O) groups is 2. The Kier molecular flexibility index (Phi) is 12.6. The van der Waals surface area contributed by atoms with Crippen LogP contribution in [0.25, 0.3) is 0 Å². The third kappa shape index (κ3) is 10.2. The van der Waals surface area contributed by atoms with Crippen LogP contribution in [-0.4, -0.2) is 49.6 Å². The van der Waals surface area contributed by atoms with E-state index in [4.69, 9.17) is 18.9 Å². The van der Waals surface area contributed by atoms with Gasteiger partial charge in [-0.15, -0.1) is 0 Å². The number of carbonyl (C=O) groups excluding carboxylic acids is 2. The molecule has 0 amide bonds. The van der Waals surface area contributed by atoms with Crippen molar-refractivity contribution in [2.75, 3.05) is 7.11 Å². The molecule has 6 atom stereocenters. The lowest BCUT2D eigenvalue weighted by Crippen LogP contribution is -2.41. The van der Waals surface area contributed by atoms with E-state index in [9.17, 15) is 9.59 Å². The lowest BCUT2D eigenvalue weighted by molar-refractivity contribution is -0.170. The van der Waals surface area contributed by atoms with Crippen molar-refractivity contribution in [3.05, 3.63) is 0 Å². The fraction of sp³-hybridized carbons (Fsp3) is 0.923. The summed E-state index contributed by atoms with van der Waals surface area (Å²) in [4.78, 5) is 25.0. The van der Waals surface area contributed by atoms with Crippen LogP contribution in [0.1, 0.15) is 111 Å². The third-order valence-corrected chi connectivity index (χ3v) is 6.71. The van der Waals surface area contributed by atoms with Gasteiger partial charge in [-0.3, -0.25) is 9.59 Å². The molecule has 0 radical (unpaired) electrons. The number of cyclic esters (lactones) is 1. The van der Waals surface area contributed by atoms with Crippen LogP contribution >= 0.6 is 0 Å². The van der Waals surface area contributed by atoms with Gasteiger partial charge in [-0.2, -0.15) is 0 Å². The van der Waals surface area contributed by atoms with Crippen LogP contribution in [0.5, 0.6) is 0 Å². The summed E-state index contributed by atoms with van der Waals surface area (Å²) in [5.74, 6) is 0.0692. The molecule has 0 N–H and O–H groups in total. The largest absolute Gasteiger partial charge is 0.462 e. The van der Waals surface area contributed by atoms with E-state index in [0.29, 0.717) is 25.2 Å². The summed E-state index contributed by atoms with van der Waals surface area (Å²) in [6, 6.07) is 0. The summed E-state index contributed by atoms with van der Waals surface area (Å²) in [5.41, 5.74) is 0. The van der Waals surface area contributed by atoms with E-state index >= 15 is 0 Å². The Morgan fingerprint density at radius 2 is 1.69 bits per heavy atom. The number of hydrogen-bond donors (Lipinski definition) is 0. The van der Waals surface area contributed by atoms with E-state index in [1.807, 2.05) is 0 Å². The summed E-state index contributed by atoms with van der Waals surface area (Å²) in [7, 11) is 1.74. The van der Waals surface area contributed by atoms with Crippen LogP contribution in [0.3, 0.4) is 0 Å². The number of fused-ring (bicyclic) bond motifs is 2. The predicted octanol–water partition coefficient (Wildman–Crippen LogP) is 5.74. The van der Waals surface area contributed by atoms with Crippen molar-refractivity contribution in [3.63, 3.8) is 0 Å². The van der Waals surface area contributed by atoms with Crippen molar-refractivity contribution in [2.24, 2.45) is 5.92 Å². The first-order valence-corrected chi connectivity index (χ1v) is 13.0. The molecule has 2 aliphatic rings. The van der Waals surface area contributed by atoms with E-state index in [2.05, 4.69) is 20.8 Å². The Balaban J connectivity index is 1.97. The van der Waals surface area contributed by atoms with Gasteiger partial charge in [0.1, 0.15) is 12.2 Å². The third-order valence-electron chi connectivity index (χ3n) is 6.71. The van der Waals surface area contributed by atoms with Gasteiger partial charge >= 0.3 is 11.9 Å². The fourth-order valence-electron chi connectivity index (χ4n) is 5.11. The Hall–Kier alpha value is -1.14. The molecular weight excluding hydrogens is 408 g/mol. The first kappa shape index (κ1) is 27.1. The summed E-state index contributed by atoms with van der Waals surface area (Å²) < 4.78 is 23.6. The van der Waals surface area contributed by atoms with Gasteiger partial charge in [0.2, 0.25) is 0 Å². The molecule has 2 rings (SSSR count). The van der Waals surface area contributed by atoms with Gasteiger partial charge in [0.05, 0.1) is 24.7 Å². The Morgan fingerprint density at radius 1 is 0.938 bits per heavy atom. The second-order valence-electron chi connectivity index (χ2n) is 9.90. The molecule has 2 heterocycles. The van der Waals surface area contributed by atoms with Crippen LogP contribution in [0.4, 0.5) is 0 Å². The number of unbranched alkanes of at least 4 members (excludes halogenated alkanes) is 4. The smallest absolute Gasteiger partial charge is 0.308 e. The van der Waals surface area contributed by atoms with Crippen molar-refractivity contribution in [2.45, 2.75) is 141 Å². The van der Waals surface area contributed by atoms with E-state index in [0.717, 1.165) is 44.9 Å². The van der Waals surface area contributed by atoms with Gasteiger partial charge < -0.3 is 18.9 Å². The predicted molar refractivity (Wildman–Crippen MR) is 124 cm³/mol. The second kappa shape index (κ2) is 14.9. The van der Waals surface area contributed by atoms with Gasteiger partial charge in [-0.25, -0.2) is 0 Å². The van der Waals surface area contributed by atoms with Crippen molar-refractivity contribution in [1.82, 2.24) is 0 Å². The van der Waals surface area contributed by atoms with Gasteiger partial charge in [0, 0.05) is 32.8 Å². The van der Waals surface area contributed by atoms with Crippen LogP contribution < -0.4 is 0 Å². The molecule has 0 aliphatic carbocycles. The lowest BCUT2D eigenvalue weighted by Gasteiger charge is -2.37. The molecule has 0 spiro atoms. The van der Waals surface area contributed by atoms with Gasteiger partial charge in [0.15, 0.2) is 0 Å². The normalized spacial score (nSPS) is 31.8. The van der Waals surface area contributed by atoms with E-state index < -0.39 is 0 Å². The van der Waals surface area contributed by atoms with Crippen molar-refractivity contribution >= 4 is 11.9 Å². The number of hydrogen-bond acceptors (Lipinski definition) is 6. The highest BCUT2D eigenvalue weighted by Crippen LogP contribution is 2.31. The Labute approximate surface area is 195 Å². The molecule has 32 heavy (non-hydrogen) atoms. The van der Waals surface area contributed by atoms with E-state index in [1.165, 1.54) is 19.3 Å². The molecule has 2 aliphatic heterocycles. The van der Waals surface area contributed by atoms with Crippen LogP contribution in [0, 0.1) is 5.92 Å². The lowest BCUT2D eigenvalue weighted by atomic mass is 9.89. The number of rotatable bonds is 10. The highest BCUT2D eigenvalue weighted by molar-refractivity contribution is 5.70. The van der Waals surface area contributed by atoms with Crippen LogP contribution in [-0.2, 0) is 28.5 Å². The molecule has 186 valence electrons. The van der Waals surface area contributed by atoms with Gasteiger partial charge in [0.25, 0.3) is 0 Å². The SMILES string of the molecule is CCCCCCCC(=O)O[C@@H]1C[C@H]2C[C@@H](C)C[C@H](OC)C[C@H](CCC)OC(=O)C[C@@H](C1)O2. The Morgan fingerprint density at radius 3 is 2.41 bits per heavy atom. The first-order chi connectivity index (χ1) is 15.4. The number of esters is 2. The topological polar surface area (TPSA) is 71.1 Å². The quantitative estimate of drug-likeness (QED) is 0.309. The highest BCUT2D eigenvalue weighted by Gasteiger charge is 2.35. The average Bonchev–Trinajstić information content (AvgIpc) is 2.72. The molecule has 6 nitrogen and oxygen atoms in total. The maximum Gasteiger partial charge on any atom is 0.308 e. The molecule has 0 aromatic carbocycles. The minimum atomic E-state index is -0.254. The molecule has 0 aromatic rings.